The van der Waals surface area contributed by atoms with E-state index >= 15 is 0 Å². The molecule has 1 atom stereocenters. The third-order valence-electron chi connectivity index (χ3n) is 1.11. The Morgan fingerprint density at radius 1 is 1.71 bits per heavy atom. The summed E-state index contributed by atoms with van der Waals surface area (Å²) in [7, 11) is 0. The lowest BCUT2D eigenvalue weighted by molar-refractivity contribution is 0.560. The van der Waals surface area contributed by atoms with Crippen LogP contribution in [-0.2, 0) is 0 Å². The number of halogens is 1. The van der Waals surface area contributed by atoms with Crippen molar-refractivity contribution >= 4 is 11.6 Å². The summed E-state index contributed by atoms with van der Waals surface area (Å²) >= 11 is 5.69. The van der Waals surface area contributed by atoms with E-state index in [1.165, 1.54) is 6.42 Å². The molecule has 1 unspecified atom stereocenters. The zero-order valence-corrected chi connectivity index (χ0v) is 4.91. The van der Waals surface area contributed by atoms with Gasteiger partial charge >= 0.3 is 0 Å². The van der Waals surface area contributed by atoms with E-state index in [9.17, 15) is 0 Å². The Morgan fingerprint density at radius 2 is 2.57 bits per heavy atom. The molecule has 0 spiro atoms. The summed E-state index contributed by atoms with van der Waals surface area (Å²) in [6.07, 6.45) is 4.46. The molecule has 1 nitrogen and oxygen atoms in total. The van der Waals surface area contributed by atoms with Crippen molar-refractivity contribution in [3.63, 3.8) is 0 Å². The second-order valence-electron chi connectivity index (χ2n) is 1.74. The molecule has 0 aromatic rings. The second-order valence-corrected chi connectivity index (χ2v) is 2.27. The zero-order valence-electron chi connectivity index (χ0n) is 4.15. The molecule has 1 fully saturated rings. The molecule has 1 radical (unpaired) electrons. The number of rotatable bonds is 0. The largest absolute Gasteiger partial charge is 0.301 e. The molecule has 0 bridgehead atoms. The molecular formula is C5H9ClN. The number of piperidine rings is 1. The summed E-state index contributed by atoms with van der Waals surface area (Å²) in [6, 6.07) is 0. The number of alkyl halides is 1. The first-order chi connectivity index (χ1) is 3.39. The van der Waals surface area contributed by atoms with Crippen LogP contribution < -0.4 is 5.32 Å². The first-order valence-corrected chi connectivity index (χ1v) is 3.02. The van der Waals surface area contributed by atoms with E-state index < -0.39 is 0 Å². The number of nitrogens with one attached hydrogen (secondary N) is 1. The van der Waals surface area contributed by atoms with Crippen LogP contribution in [0.5, 0.6) is 0 Å². The highest BCUT2D eigenvalue weighted by molar-refractivity contribution is 6.20. The van der Waals surface area contributed by atoms with E-state index in [0.717, 1.165) is 13.0 Å². The molecule has 1 rings (SSSR count). The van der Waals surface area contributed by atoms with Gasteiger partial charge in [-0.1, -0.05) is 0 Å². The maximum Gasteiger partial charge on any atom is 0.0825 e. The molecule has 41 valence electrons. The number of hydrogen-bond donors (Lipinski definition) is 1. The topological polar surface area (TPSA) is 12.0 Å². The first-order valence-electron chi connectivity index (χ1n) is 2.59. The van der Waals surface area contributed by atoms with Crippen LogP contribution in [0.15, 0.2) is 0 Å². The van der Waals surface area contributed by atoms with Gasteiger partial charge in [-0.3, -0.25) is 0 Å². The smallest absolute Gasteiger partial charge is 0.0825 e. The fourth-order valence-corrected chi connectivity index (χ4v) is 0.895. The van der Waals surface area contributed by atoms with Gasteiger partial charge in [-0.15, -0.1) is 11.6 Å². The van der Waals surface area contributed by atoms with Crippen molar-refractivity contribution < 1.29 is 0 Å². The average Bonchev–Trinajstić information content (AvgIpc) is 1.69. The summed E-state index contributed by atoms with van der Waals surface area (Å²) in [5.74, 6) is 0. The molecule has 0 amide bonds. The molecule has 0 saturated carbocycles. The fourth-order valence-electron chi connectivity index (χ4n) is 0.680. The minimum Gasteiger partial charge on any atom is -0.301 e. The van der Waals surface area contributed by atoms with E-state index in [4.69, 9.17) is 11.6 Å². The minimum absolute atomic E-state index is 0.227. The van der Waals surface area contributed by atoms with Crippen LogP contribution in [0.2, 0.25) is 0 Å². The van der Waals surface area contributed by atoms with E-state index in [0.29, 0.717) is 0 Å². The van der Waals surface area contributed by atoms with Gasteiger partial charge in [-0.2, -0.15) is 0 Å². The summed E-state index contributed by atoms with van der Waals surface area (Å²) in [6.45, 7) is 0.980. The quantitative estimate of drug-likeness (QED) is 0.372. The Balaban J connectivity index is 2.12. The second kappa shape index (κ2) is 2.53. The zero-order chi connectivity index (χ0) is 5.11. The highest BCUT2D eigenvalue weighted by atomic mass is 35.5. The third kappa shape index (κ3) is 1.66. The van der Waals surface area contributed by atoms with Crippen molar-refractivity contribution in [2.24, 2.45) is 0 Å². The molecule has 0 aromatic carbocycles. The Hall–Kier alpha value is 0.250. The van der Waals surface area contributed by atoms with Crippen LogP contribution in [0.25, 0.3) is 0 Å². The third-order valence-corrected chi connectivity index (χ3v) is 1.48. The Labute approximate surface area is 49.0 Å². The van der Waals surface area contributed by atoms with Gasteiger partial charge in [0.1, 0.15) is 0 Å². The normalized spacial score (nSPS) is 33.0. The van der Waals surface area contributed by atoms with Gasteiger partial charge in [-0.05, 0) is 25.8 Å². The van der Waals surface area contributed by atoms with Gasteiger partial charge in [0.05, 0.1) is 5.50 Å². The van der Waals surface area contributed by atoms with Crippen LogP contribution in [0.1, 0.15) is 12.8 Å². The summed E-state index contributed by atoms with van der Waals surface area (Å²) < 4.78 is 0. The van der Waals surface area contributed by atoms with Gasteiger partial charge in [-0.25, -0.2) is 0 Å². The average molecular weight is 119 g/mol. The summed E-state index contributed by atoms with van der Waals surface area (Å²) in [4.78, 5) is 0. The van der Waals surface area contributed by atoms with Crippen LogP contribution in [0.3, 0.4) is 0 Å². The minimum atomic E-state index is 0.227. The molecular weight excluding hydrogens is 110 g/mol. The van der Waals surface area contributed by atoms with E-state index in [1.54, 1.807) is 0 Å². The molecule has 1 saturated heterocycles. The molecule has 2 heteroatoms. The van der Waals surface area contributed by atoms with E-state index in [2.05, 4.69) is 11.7 Å². The standard InChI is InChI=1S/C5H9ClN/c6-5-3-1-2-4-7-5/h2,5,7H,1,3-4H2. The summed E-state index contributed by atoms with van der Waals surface area (Å²) in [5, 5.41) is 3.09. The van der Waals surface area contributed by atoms with Gasteiger partial charge in [0.15, 0.2) is 0 Å². The predicted octanol–water partition coefficient (Wildman–Crippen LogP) is 1.14. The lowest BCUT2D eigenvalue weighted by Crippen LogP contribution is -2.29. The molecule has 1 N–H and O–H groups in total. The van der Waals surface area contributed by atoms with Gasteiger partial charge < -0.3 is 5.32 Å². The lowest BCUT2D eigenvalue weighted by atomic mass is 10.2. The van der Waals surface area contributed by atoms with Crippen molar-refractivity contribution in [3.05, 3.63) is 6.42 Å². The van der Waals surface area contributed by atoms with E-state index in [-0.39, 0.29) is 5.50 Å². The van der Waals surface area contributed by atoms with Gasteiger partial charge in [0.25, 0.3) is 0 Å². The van der Waals surface area contributed by atoms with Crippen molar-refractivity contribution in [2.45, 2.75) is 18.3 Å². The highest BCUT2D eigenvalue weighted by Gasteiger charge is 2.06. The van der Waals surface area contributed by atoms with Crippen LogP contribution in [0, 0.1) is 6.42 Å². The molecule has 1 aliphatic rings. The maximum absolute atomic E-state index is 5.69. The Morgan fingerprint density at radius 3 is 2.86 bits per heavy atom. The van der Waals surface area contributed by atoms with Crippen LogP contribution in [-0.4, -0.2) is 12.0 Å². The van der Waals surface area contributed by atoms with Gasteiger partial charge in [0.2, 0.25) is 0 Å². The van der Waals surface area contributed by atoms with Crippen molar-refractivity contribution in [1.82, 2.24) is 5.32 Å². The molecule has 7 heavy (non-hydrogen) atoms. The van der Waals surface area contributed by atoms with Crippen LogP contribution in [0.4, 0.5) is 0 Å². The Bertz CT molecular complexity index is 50.0. The lowest BCUT2D eigenvalue weighted by Gasteiger charge is -2.15. The van der Waals surface area contributed by atoms with Crippen LogP contribution >= 0.6 is 11.6 Å². The van der Waals surface area contributed by atoms with Gasteiger partial charge in [0, 0.05) is 0 Å². The van der Waals surface area contributed by atoms with Crippen molar-refractivity contribution in [3.8, 4) is 0 Å². The van der Waals surface area contributed by atoms with E-state index in [1.807, 2.05) is 0 Å². The number of hydrogen-bond acceptors (Lipinski definition) is 1. The highest BCUT2D eigenvalue weighted by Crippen LogP contribution is 2.07. The molecule has 1 heterocycles. The maximum atomic E-state index is 5.69. The van der Waals surface area contributed by atoms with Crippen molar-refractivity contribution in [1.29, 1.82) is 0 Å². The predicted molar refractivity (Wildman–Crippen MR) is 31.2 cm³/mol. The molecule has 0 aromatic heterocycles. The Kier molecular flexibility index (Phi) is 1.95. The van der Waals surface area contributed by atoms with Crippen molar-refractivity contribution in [2.75, 3.05) is 6.54 Å². The molecule has 0 aliphatic carbocycles. The monoisotopic (exact) mass is 118 g/mol. The fraction of sp³-hybridized carbons (Fsp3) is 0.800. The first kappa shape index (κ1) is 5.39. The molecule has 1 aliphatic heterocycles. The SMILES string of the molecule is ClC1CC[CH]CN1. The summed E-state index contributed by atoms with van der Waals surface area (Å²) in [5.41, 5.74) is 0.227.